The van der Waals surface area contributed by atoms with E-state index in [1.54, 1.807) is 30.6 Å². The van der Waals surface area contributed by atoms with Gasteiger partial charge in [-0.1, -0.05) is 12.1 Å². The highest BCUT2D eigenvalue weighted by Gasteiger charge is 2.17. The number of aliphatic hydroxyl groups is 1. The van der Waals surface area contributed by atoms with E-state index in [9.17, 15) is 5.11 Å². The number of nitrogens with zero attached hydrogens (tertiary/aromatic N) is 1. The Morgan fingerprint density at radius 1 is 1.12 bits per heavy atom. The molecule has 1 aromatic carbocycles. The van der Waals surface area contributed by atoms with Gasteiger partial charge in [0.25, 0.3) is 0 Å². The maximum absolute atomic E-state index is 10.2. The molecule has 0 saturated heterocycles. The molecule has 1 aromatic heterocycles. The molecule has 4 heteroatoms. The highest BCUT2D eigenvalue weighted by molar-refractivity contribution is 5.46. The summed E-state index contributed by atoms with van der Waals surface area (Å²) in [6.45, 7) is 0.238. The highest BCUT2D eigenvalue weighted by atomic mass is 16.7. The van der Waals surface area contributed by atoms with Crippen LogP contribution in [-0.2, 0) is 0 Å². The predicted molar refractivity (Wildman–Crippen MR) is 60.9 cm³/mol. The van der Waals surface area contributed by atoms with E-state index in [1.807, 2.05) is 12.1 Å². The van der Waals surface area contributed by atoms with Gasteiger partial charge in [0.1, 0.15) is 6.10 Å². The zero-order chi connectivity index (χ0) is 11.7. The molecule has 3 rings (SSSR count). The third kappa shape index (κ3) is 1.83. The van der Waals surface area contributed by atoms with Crippen LogP contribution in [0.3, 0.4) is 0 Å². The Morgan fingerprint density at radius 2 is 2.00 bits per heavy atom. The topological polar surface area (TPSA) is 51.6 Å². The van der Waals surface area contributed by atoms with Crippen LogP contribution in [0.25, 0.3) is 0 Å². The van der Waals surface area contributed by atoms with Crippen LogP contribution >= 0.6 is 0 Å². The van der Waals surface area contributed by atoms with Crippen molar-refractivity contribution < 1.29 is 14.6 Å². The minimum Gasteiger partial charge on any atom is -0.454 e. The molecule has 0 amide bonds. The number of benzene rings is 1. The van der Waals surface area contributed by atoms with Gasteiger partial charge in [-0.15, -0.1) is 0 Å². The molecular weight excluding hydrogens is 218 g/mol. The Kier molecular flexibility index (Phi) is 2.42. The number of hydrogen-bond donors (Lipinski definition) is 1. The molecule has 17 heavy (non-hydrogen) atoms. The molecule has 0 spiro atoms. The van der Waals surface area contributed by atoms with Gasteiger partial charge in [-0.05, 0) is 23.8 Å². The van der Waals surface area contributed by atoms with Gasteiger partial charge in [-0.2, -0.15) is 0 Å². The van der Waals surface area contributed by atoms with E-state index >= 15 is 0 Å². The van der Waals surface area contributed by atoms with Crippen molar-refractivity contribution in [3.05, 3.63) is 53.9 Å². The van der Waals surface area contributed by atoms with E-state index in [-0.39, 0.29) is 6.79 Å². The summed E-state index contributed by atoms with van der Waals surface area (Å²) in [6, 6.07) is 9.05. The summed E-state index contributed by atoms with van der Waals surface area (Å²) >= 11 is 0. The minimum absolute atomic E-state index is 0.238. The van der Waals surface area contributed by atoms with Crippen LogP contribution < -0.4 is 9.47 Å². The molecule has 0 fully saturated rings. The molecule has 0 saturated carbocycles. The number of fused-ring (bicyclic) bond motifs is 1. The second-order valence-corrected chi connectivity index (χ2v) is 3.80. The summed E-state index contributed by atoms with van der Waals surface area (Å²) < 4.78 is 10.5. The van der Waals surface area contributed by atoms with Crippen LogP contribution in [0.1, 0.15) is 17.2 Å². The van der Waals surface area contributed by atoms with E-state index in [0.717, 1.165) is 11.1 Å². The predicted octanol–water partition coefficient (Wildman–Crippen LogP) is 1.89. The second kappa shape index (κ2) is 4.07. The lowest BCUT2D eigenvalue weighted by Crippen LogP contribution is -1.99. The fraction of sp³-hybridized carbons (Fsp3) is 0.154. The third-order valence-corrected chi connectivity index (χ3v) is 2.71. The van der Waals surface area contributed by atoms with Gasteiger partial charge in [0.2, 0.25) is 6.79 Å². The number of aromatic nitrogens is 1. The maximum atomic E-state index is 10.2. The summed E-state index contributed by atoms with van der Waals surface area (Å²) in [5.74, 6) is 1.39. The number of aliphatic hydroxyl groups excluding tert-OH is 1. The lowest BCUT2D eigenvalue weighted by atomic mass is 10.0. The van der Waals surface area contributed by atoms with E-state index in [0.29, 0.717) is 11.5 Å². The van der Waals surface area contributed by atoms with Crippen molar-refractivity contribution in [2.45, 2.75) is 6.10 Å². The molecule has 1 N–H and O–H groups in total. The van der Waals surface area contributed by atoms with Crippen molar-refractivity contribution in [3.8, 4) is 11.5 Å². The van der Waals surface area contributed by atoms with Gasteiger partial charge in [0, 0.05) is 18.0 Å². The van der Waals surface area contributed by atoms with Gasteiger partial charge in [-0.3, -0.25) is 4.98 Å². The summed E-state index contributed by atoms with van der Waals surface area (Å²) in [5, 5.41) is 10.2. The number of hydrogen-bond acceptors (Lipinski definition) is 4. The van der Waals surface area contributed by atoms with Gasteiger partial charge in [0.15, 0.2) is 11.5 Å². The van der Waals surface area contributed by atoms with Crippen LogP contribution in [0.15, 0.2) is 42.7 Å². The largest absolute Gasteiger partial charge is 0.454 e. The fourth-order valence-corrected chi connectivity index (χ4v) is 1.81. The van der Waals surface area contributed by atoms with Gasteiger partial charge >= 0.3 is 0 Å². The van der Waals surface area contributed by atoms with Crippen molar-refractivity contribution >= 4 is 0 Å². The Bertz CT molecular complexity index is 527. The van der Waals surface area contributed by atoms with Crippen molar-refractivity contribution in [1.82, 2.24) is 4.98 Å². The van der Waals surface area contributed by atoms with Crippen LogP contribution in [0.5, 0.6) is 11.5 Å². The summed E-state index contributed by atoms with van der Waals surface area (Å²) in [6.07, 6.45) is 2.63. The molecule has 86 valence electrons. The molecule has 0 unspecified atom stereocenters. The molecule has 2 heterocycles. The summed E-state index contributed by atoms with van der Waals surface area (Å²) in [7, 11) is 0. The zero-order valence-corrected chi connectivity index (χ0v) is 9.04. The Balaban J connectivity index is 1.94. The van der Waals surface area contributed by atoms with E-state index < -0.39 is 6.10 Å². The zero-order valence-electron chi connectivity index (χ0n) is 9.04. The molecule has 2 aromatic rings. The van der Waals surface area contributed by atoms with Crippen molar-refractivity contribution in [2.24, 2.45) is 0 Å². The van der Waals surface area contributed by atoms with Crippen molar-refractivity contribution in [2.75, 3.05) is 6.79 Å². The summed E-state index contributed by atoms with van der Waals surface area (Å²) in [4.78, 5) is 3.99. The Hall–Kier alpha value is -2.07. The van der Waals surface area contributed by atoms with Crippen molar-refractivity contribution in [1.29, 1.82) is 0 Å². The summed E-state index contributed by atoms with van der Waals surface area (Å²) in [5.41, 5.74) is 1.52. The number of pyridine rings is 1. The first kappa shape index (κ1) is 10.1. The Morgan fingerprint density at radius 3 is 2.82 bits per heavy atom. The molecular formula is C13H11NO3. The van der Waals surface area contributed by atoms with Gasteiger partial charge in [-0.25, -0.2) is 0 Å². The van der Waals surface area contributed by atoms with Crippen LogP contribution in [-0.4, -0.2) is 16.9 Å². The van der Waals surface area contributed by atoms with Crippen LogP contribution in [0.2, 0.25) is 0 Å². The first-order chi connectivity index (χ1) is 8.34. The molecule has 4 nitrogen and oxygen atoms in total. The van der Waals surface area contributed by atoms with Crippen LogP contribution in [0, 0.1) is 0 Å². The normalized spacial score (nSPS) is 14.6. The molecule has 1 aliphatic rings. The third-order valence-electron chi connectivity index (χ3n) is 2.71. The lowest BCUT2D eigenvalue weighted by molar-refractivity contribution is 0.173. The number of ether oxygens (including phenoxy) is 2. The smallest absolute Gasteiger partial charge is 0.231 e. The Labute approximate surface area is 98.5 Å². The molecule has 1 atom stereocenters. The maximum Gasteiger partial charge on any atom is 0.231 e. The average molecular weight is 229 g/mol. The number of rotatable bonds is 2. The quantitative estimate of drug-likeness (QED) is 0.854. The monoisotopic (exact) mass is 229 g/mol. The first-order valence-corrected chi connectivity index (χ1v) is 5.32. The average Bonchev–Trinajstić information content (AvgIpc) is 2.86. The molecule has 1 aliphatic heterocycles. The first-order valence-electron chi connectivity index (χ1n) is 5.32. The minimum atomic E-state index is -0.696. The lowest BCUT2D eigenvalue weighted by Gasteiger charge is -2.11. The molecule has 0 radical (unpaired) electrons. The van der Waals surface area contributed by atoms with Gasteiger partial charge in [0.05, 0.1) is 0 Å². The van der Waals surface area contributed by atoms with E-state index in [1.165, 1.54) is 0 Å². The highest BCUT2D eigenvalue weighted by Crippen LogP contribution is 2.35. The van der Waals surface area contributed by atoms with Crippen molar-refractivity contribution in [3.63, 3.8) is 0 Å². The molecule has 0 aliphatic carbocycles. The fourth-order valence-electron chi connectivity index (χ4n) is 1.81. The van der Waals surface area contributed by atoms with E-state index in [4.69, 9.17) is 9.47 Å². The van der Waals surface area contributed by atoms with Gasteiger partial charge < -0.3 is 14.6 Å². The standard InChI is InChI=1S/C13H11NO3/c15-13(10-2-1-5-14-7-10)9-3-4-11-12(6-9)17-8-16-11/h1-7,13,15H,8H2/t13-/m1/s1. The SMILES string of the molecule is O[C@@H](c1cccnc1)c1ccc2c(c1)OCO2. The van der Waals surface area contributed by atoms with E-state index in [2.05, 4.69) is 4.98 Å². The molecule has 0 bridgehead atoms. The van der Waals surface area contributed by atoms with Crippen LogP contribution in [0.4, 0.5) is 0 Å². The second-order valence-electron chi connectivity index (χ2n) is 3.80.